The highest BCUT2D eigenvalue weighted by Crippen LogP contribution is 2.10. The van der Waals surface area contributed by atoms with Crippen molar-refractivity contribution in [3.05, 3.63) is 47.9 Å². The van der Waals surface area contributed by atoms with Crippen molar-refractivity contribution in [2.75, 3.05) is 19.6 Å². The third-order valence-electron chi connectivity index (χ3n) is 4.37. The van der Waals surface area contributed by atoms with Crippen LogP contribution in [0.5, 0.6) is 0 Å². The topological polar surface area (TPSA) is 84.4 Å². The molecule has 0 spiro atoms. The van der Waals surface area contributed by atoms with E-state index in [0.717, 1.165) is 55.6 Å². The molecule has 0 amide bonds. The van der Waals surface area contributed by atoms with Crippen molar-refractivity contribution in [3.8, 4) is 0 Å². The number of imidazole rings is 1. The minimum absolute atomic E-state index is 0. The summed E-state index contributed by atoms with van der Waals surface area (Å²) < 4.78 is 4.14. The first-order valence-electron chi connectivity index (χ1n) is 9.53. The van der Waals surface area contributed by atoms with E-state index in [1.807, 2.05) is 12.3 Å². The molecule has 0 aromatic carbocycles. The van der Waals surface area contributed by atoms with Crippen LogP contribution in [-0.4, -0.2) is 49.7 Å². The number of aliphatic imine (C=N–C) groups is 1. The predicted octanol–water partition coefficient (Wildman–Crippen LogP) is 2.21. The van der Waals surface area contributed by atoms with Crippen LogP contribution in [0.25, 0.3) is 5.65 Å². The standard InChI is InChI=1S/C19H28N8.HI/c1-4-17-25-23-14-27(17)12-10-22-19(20-5-2)21-9-8-16-13-26-11-6-7-15(3)18(26)24-16;/h6-7,11,13-14H,4-5,8-10,12H2,1-3H3,(H2,20,21,22);1H. The predicted molar refractivity (Wildman–Crippen MR) is 122 cm³/mol. The summed E-state index contributed by atoms with van der Waals surface area (Å²) in [5.74, 6) is 1.82. The highest BCUT2D eigenvalue weighted by molar-refractivity contribution is 14.0. The van der Waals surface area contributed by atoms with E-state index in [1.54, 1.807) is 6.33 Å². The smallest absolute Gasteiger partial charge is 0.191 e. The largest absolute Gasteiger partial charge is 0.357 e. The van der Waals surface area contributed by atoms with Crippen molar-refractivity contribution in [1.29, 1.82) is 0 Å². The lowest BCUT2D eigenvalue weighted by Crippen LogP contribution is -2.39. The van der Waals surface area contributed by atoms with Crippen molar-refractivity contribution < 1.29 is 0 Å². The van der Waals surface area contributed by atoms with Gasteiger partial charge in [-0.1, -0.05) is 13.0 Å². The van der Waals surface area contributed by atoms with Gasteiger partial charge in [0.2, 0.25) is 0 Å². The number of nitrogens with zero attached hydrogens (tertiary/aromatic N) is 6. The van der Waals surface area contributed by atoms with E-state index in [2.05, 4.69) is 67.8 Å². The second-order valence-corrected chi connectivity index (χ2v) is 6.39. The van der Waals surface area contributed by atoms with E-state index in [1.165, 1.54) is 5.56 Å². The fourth-order valence-electron chi connectivity index (χ4n) is 2.98. The highest BCUT2D eigenvalue weighted by atomic mass is 127. The van der Waals surface area contributed by atoms with E-state index in [4.69, 9.17) is 4.98 Å². The molecule has 0 saturated heterocycles. The van der Waals surface area contributed by atoms with Gasteiger partial charge in [-0.25, -0.2) is 4.98 Å². The van der Waals surface area contributed by atoms with Gasteiger partial charge in [0.05, 0.1) is 5.69 Å². The number of rotatable bonds is 8. The summed E-state index contributed by atoms with van der Waals surface area (Å²) in [4.78, 5) is 9.37. The van der Waals surface area contributed by atoms with Crippen LogP contribution in [-0.2, 0) is 19.4 Å². The zero-order valence-electron chi connectivity index (χ0n) is 16.7. The van der Waals surface area contributed by atoms with Gasteiger partial charge in [0.15, 0.2) is 5.96 Å². The number of guanidine groups is 1. The molecule has 0 radical (unpaired) electrons. The number of hydrogen-bond donors (Lipinski definition) is 2. The minimum atomic E-state index is 0. The summed E-state index contributed by atoms with van der Waals surface area (Å²) in [5, 5.41) is 14.7. The Balaban J connectivity index is 0.00000280. The molecule has 0 fully saturated rings. The van der Waals surface area contributed by atoms with Crippen LogP contribution in [0.3, 0.4) is 0 Å². The van der Waals surface area contributed by atoms with Crippen molar-refractivity contribution in [1.82, 2.24) is 34.8 Å². The van der Waals surface area contributed by atoms with Crippen LogP contribution < -0.4 is 10.6 Å². The summed E-state index contributed by atoms with van der Waals surface area (Å²) in [6.45, 7) is 9.32. The maximum Gasteiger partial charge on any atom is 0.191 e. The maximum atomic E-state index is 4.71. The lowest BCUT2D eigenvalue weighted by Gasteiger charge is -2.12. The van der Waals surface area contributed by atoms with Crippen LogP contribution in [0.1, 0.15) is 30.9 Å². The molecule has 3 aromatic rings. The molecular formula is C19H29IN8. The van der Waals surface area contributed by atoms with E-state index in [0.29, 0.717) is 6.54 Å². The van der Waals surface area contributed by atoms with Gasteiger partial charge in [-0.3, -0.25) is 4.99 Å². The number of halogens is 1. The van der Waals surface area contributed by atoms with E-state index in [-0.39, 0.29) is 24.0 Å². The van der Waals surface area contributed by atoms with Crippen LogP contribution in [0.15, 0.2) is 35.8 Å². The Morgan fingerprint density at radius 2 is 2.11 bits per heavy atom. The van der Waals surface area contributed by atoms with E-state index < -0.39 is 0 Å². The second kappa shape index (κ2) is 11.0. The fraction of sp³-hybridized carbons (Fsp3) is 0.474. The molecular weight excluding hydrogens is 467 g/mol. The molecule has 9 heteroatoms. The van der Waals surface area contributed by atoms with Crippen LogP contribution in [0.4, 0.5) is 0 Å². The summed E-state index contributed by atoms with van der Waals surface area (Å²) in [6.07, 6.45) is 7.57. The summed E-state index contributed by atoms with van der Waals surface area (Å²) in [6, 6.07) is 4.12. The monoisotopic (exact) mass is 496 g/mol. The fourth-order valence-corrected chi connectivity index (χ4v) is 2.98. The average molecular weight is 496 g/mol. The van der Waals surface area contributed by atoms with Gasteiger partial charge < -0.3 is 19.6 Å². The lowest BCUT2D eigenvalue weighted by molar-refractivity contribution is 0.632. The quantitative estimate of drug-likeness (QED) is 0.284. The molecule has 0 aliphatic heterocycles. The molecule has 0 aliphatic carbocycles. The number of aryl methyl sites for hydroxylation is 2. The third-order valence-corrected chi connectivity index (χ3v) is 4.37. The van der Waals surface area contributed by atoms with Gasteiger partial charge >= 0.3 is 0 Å². The van der Waals surface area contributed by atoms with Gasteiger partial charge in [0.1, 0.15) is 17.8 Å². The van der Waals surface area contributed by atoms with Crippen molar-refractivity contribution in [3.63, 3.8) is 0 Å². The molecule has 2 N–H and O–H groups in total. The SMILES string of the molecule is CCNC(=NCCc1cn2cccc(C)c2n1)NCCn1cnnc1CC.I. The number of aromatic nitrogens is 5. The maximum absolute atomic E-state index is 4.71. The molecule has 0 bridgehead atoms. The third kappa shape index (κ3) is 5.66. The molecule has 3 heterocycles. The van der Waals surface area contributed by atoms with Gasteiger partial charge in [-0.05, 0) is 25.5 Å². The molecule has 152 valence electrons. The van der Waals surface area contributed by atoms with Gasteiger partial charge in [-0.2, -0.15) is 0 Å². The number of pyridine rings is 1. The van der Waals surface area contributed by atoms with Crippen LogP contribution in [0, 0.1) is 6.92 Å². The summed E-state index contributed by atoms with van der Waals surface area (Å²) >= 11 is 0. The number of nitrogens with one attached hydrogen (secondary N) is 2. The molecule has 0 saturated carbocycles. The van der Waals surface area contributed by atoms with Crippen molar-refractivity contribution >= 4 is 35.6 Å². The Labute approximate surface area is 182 Å². The zero-order valence-corrected chi connectivity index (χ0v) is 19.1. The Bertz CT molecular complexity index is 898. The molecule has 0 atom stereocenters. The van der Waals surface area contributed by atoms with Crippen LogP contribution >= 0.6 is 24.0 Å². The van der Waals surface area contributed by atoms with Crippen LogP contribution in [0.2, 0.25) is 0 Å². The van der Waals surface area contributed by atoms with E-state index in [9.17, 15) is 0 Å². The second-order valence-electron chi connectivity index (χ2n) is 6.39. The summed E-state index contributed by atoms with van der Waals surface area (Å²) in [5.41, 5.74) is 3.26. The first kappa shape index (κ1) is 22.1. The molecule has 0 aliphatic rings. The van der Waals surface area contributed by atoms with Crippen molar-refractivity contribution in [2.45, 2.75) is 40.2 Å². The van der Waals surface area contributed by atoms with Gasteiger partial charge in [0.25, 0.3) is 0 Å². The van der Waals surface area contributed by atoms with Crippen molar-refractivity contribution in [2.24, 2.45) is 4.99 Å². The van der Waals surface area contributed by atoms with Gasteiger partial charge in [0, 0.05) is 51.4 Å². The zero-order chi connectivity index (χ0) is 19.1. The Kier molecular flexibility index (Phi) is 8.68. The minimum Gasteiger partial charge on any atom is -0.357 e. The molecule has 3 aromatic heterocycles. The lowest BCUT2D eigenvalue weighted by atomic mass is 10.3. The Morgan fingerprint density at radius 1 is 1.25 bits per heavy atom. The highest BCUT2D eigenvalue weighted by Gasteiger charge is 2.05. The number of fused-ring (bicyclic) bond motifs is 1. The van der Waals surface area contributed by atoms with Gasteiger partial charge in [-0.15, -0.1) is 34.2 Å². The van der Waals surface area contributed by atoms with E-state index >= 15 is 0 Å². The molecule has 3 rings (SSSR count). The first-order chi connectivity index (χ1) is 13.2. The normalized spacial score (nSPS) is 11.5. The Morgan fingerprint density at radius 3 is 2.86 bits per heavy atom. The molecule has 8 nitrogen and oxygen atoms in total. The molecule has 28 heavy (non-hydrogen) atoms. The average Bonchev–Trinajstić information content (AvgIpc) is 3.28. The molecule has 0 unspecified atom stereocenters. The number of hydrogen-bond acceptors (Lipinski definition) is 4. The summed E-state index contributed by atoms with van der Waals surface area (Å²) in [7, 11) is 0. The Hall–Kier alpha value is -2.17. The first-order valence-corrected chi connectivity index (χ1v) is 9.53.